The standard InChI is InChI=1S/C31H34N2O6/c1-4-20(5-2)37-28-16-19(31(35)36)15-25(29(28)33-18(3)34)32-17-21-13-14-27(38-21)24-11-8-10-23-22-9-6-7-12-26(22)39-30(23)24/h6-14,16,20,25,28-29,32H,4-5,15,17H2,1-3H3,(H,33,34)(H,35,36)/t25-,28+,29+/m0/s1. The highest BCUT2D eigenvalue weighted by Crippen LogP contribution is 2.36. The van der Waals surface area contributed by atoms with Gasteiger partial charge in [0, 0.05) is 29.3 Å². The summed E-state index contributed by atoms with van der Waals surface area (Å²) in [6, 6.07) is 16.9. The number of carboxylic acid groups (broad SMARTS) is 1. The van der Waals surface area contributed by atoms with Crippen molar-refractivity contribution in [2.24, 2.45) is 0 Å². The van der Waals surface area contributed by atoms with E-state index in [1.165, 1.54) is 6.92 Å². The highest BCUT2D eigenvalue weighted by molar-refractivity contribution is 6.09. The Morgan fingerprint density at radius 2 is 1.79 bits per heavy atom. The molecule has 3 N–H and O–H groups in total. The van der Waals surface area contributed by atoms with E-state index in [2.05, 4.69) is 10.6 Å². The van der Waals surface area contributed by atoms with Gasteiger partial charge in [-0.25, -0.2) is 4.79 Å². The van der Waals surface area contributed by atoms with Gasteiger partial charge in [0.1, 0.15) is 22.7 Å². The highest BCUT2D eigenvalue weighted by Gasteiger charge is 2.37. The minimum absolute atomic E-state index is 0.0371. The minimum atomic E-state index is -0.986. The van der Waals surface area contributed by atoms with Gasteiger partial charge < -0.3 is 29.3 Å². The first-order chi connectivity index (χ1) is 18.9. The number of para-hydroxylation sites is 2. The maximum atomic E-state index is 12.1. The molecule has 4 aromatic rings. The molecule has 204 valence electrons. The fourth-order valence-electron chi connectivity index (χ4n) is 5.36. The van der Waals surface area contributed by atoms with Crippen LogP contribution in [0.15, 0.2) is 75.1 Å². The normalized spacial score (nSPS) is 19.5. The van der Waals surface area contributed by atoms with Crippen molar-refractivity contribution in [2.45, 2.75) is 70.9 Å². The Bertz CT molecular complexity index is 1510. The van der Waals surface area contributed by atoms with E-state index in [-0.39, 0.29) is 30.0 Å². The monoisotopic (exact) mass is 530 g/mol. The summed E-state index contributed by atoms with van der Waals surface area (Å²) in [5.41, 5.74) is 2.71. The fraction of sp³-hybridized carbons (Fsp3) is 0.355. The summed E-state index contributed by atoms with van der Waals surface area (Å²) >= 11 is 0. The lowest BCUT2D eigenvalue weighted by atomic mass is 9.87. The summed E-state index contributed by atoms with van der Waals surface area (Å²) in [6.45, 7) is 5.87. The molecule has 3 atom stereocenters. The van der Waals surface area contributed by atoms with E-state index in [1.807, 2.05) is 68.4 Å². The van der Waals surface area contributed by atoms with Crippen LogP contribution in [0.25, 0.3) is 33.3 Å². The molecule has 8 nitrogen and oxygen atoms in total. The molecule has 39 heavy (non-hydrogen) atoms. The number of carbonyl (C=O) groups is 2. The Hall–Kier alpha value is -3.88. The van der Waals surface area contributed by atoms with Gasteiger partial charge in [-0.1, -0.05) is 44.2 Å². The number of amides is 1. The zero-order chi connectivity index (χ0) is 27.5. The van der Waals surface area contributed by atoms with Crippen LogP contribution in [0.4, 0.5) is 0 Å². The molecule has 1 amide bonds. The molecule has 0 fully saturated rings. The maximum absolute atomic E-state index is 12.1. The molecular weight excluding hydrogens is 496 g/mol. The largest absolute Gasteiger partial charge is 0.478 e. The average molecular weight is 531 g/mol. The van der Waals surface area contributed by atoms with Crippen molar-refractivity contribution in [1.29, 1.82) is 0 Å². The third-order valence-corrected chi connectivity index (χ3v) is 7.37. The van der Waals surface area contributed by atoms with Crippen LogP contribution in [0.1, 0.15) is 45.8 Å². The molecule has 2 aromatic heterocycles. The number of ether oxygens (including phenoxy) is 1. The fourth-order valence-corrected chi connectivity index (χ4v) is 5.36. The Morgan fingerprint density at radius 1 is 1.03 bits per heavy atom. The molecule has 1 aliphatic carbocycles. The highest BCUT2D eigenvalue weighted by atomic mass is 16.5. The number of fused-ring (bicyclic) bond motifs is 3. The molecule has 2 heterocycles. The van der Waals surface area contributed by atoms with Crippen molar-refractivity contribution in [3.63, 3.8) is 0 Å². The van der Waals surface area contributed by atoms with Gasteiger partial charge in [0.25, 0.3) is 0 Å². The van der Waals surface area contributed by atoms with Gasteiger partial charge in [0.15, 0.2) is 0 Å². The number of rotatable bonds is 10. The van der Waals surface area contributed by atoms with Crippen LogP contribution in [-0.4, -0.2) is 41.3 Å². The number of carbonyl (C=O) groups excluding carboxylic acids is 1. The minimum Gasteiger partial charge on any atom is -0.478 e. The number of hydrogen-bond acceptors (Lipinski definition) is 6. The van der Waals surface area contributed by atoms with Gasteiger partial charge in [0.05, 0.1) is 30.4 Å². The smallest absolute Gasteiger partial charge is 0.331 e. The Balaban J connectivity index is 1.38. The van der Waals surface area contributed by atoms with Gasteiger partial charge >= 0.3 is 5.97 Å². The van der Waals surface area contributed by atoms with E-state index in [0.717, 1.165) is 40.3 Å². The molecule has 0 spiro atoms. The molecule has 0 unspecified atom stereocenters. The Morgan fingerprint density at radius 3 is 2.54 bits per heavy atom. The van der Waals surface area contributed by atoms with Gasteiger partial charge in [-0.3, -0.25) is 4.79 Å². The van der Waals surface area contributed by atoms with Crippen LogP contribution in [0.5, 0.6) is 0 Å². The average Bonchev–Trinajstić information content (AvgIpc) is 3.56. The molecule has 0 bridgehead atoms. The number of nitrogens with one attached hydrogen (secondary N) is 2. The predicted molar refractivity (Wildman–Crippen MR) is 149 cm³/mol. The molecule has 0 saturated carbocycles. The van der Waals surface area contributed by atoms with Crippen molar-refractivity contribution >= 4 is 33.8 Å². The predicted octanol–water partition coefficient (Wildman–Crippen LogP) is 5.80. The summed E-state index contributed by atoms with van der Waals surface area (Å²) < 4.78 is 18.6. The van der Waals surface area contributed by atoms with Gasteiger partial charge in [0.2, 0.25) is 5.91 Å². The van der Waals surface area contributed by atoms with Gasteiger partial charge in [-0.15, -0.1) is 0 Å². The maximum Gasteiger partial charge on any atom is 0.331 e. The summed E-state index contributed by atoms with van der Waals surface area (Å²) in [6.07, 6.45) is 2.87. The molecule has 2 aromatic carbocycles. The lowest BCUT2D eigenvalue weighted by Gasteiger charge is -2.38. The van der Waals surface area contributed by atoms with Crippen LogP contribution in [0.2, 0.25) is 0 Å². The Labute approximate surface area is 227 Å². The first-order valence-electron chi connectivity index (χ1n) is 13.5. The second-order valence-electron chi connectivity index (χ2n) is 10.0. The molecule has 8 heteroatoms. The third-order valence-electron chi connectivity index (χ3n) is 7.37. The molecule has 0 aliphatic heterocycles. The van der Waals surface area contributed by atoms with Crippen molar-refractivity contribution in [3.8, 4) is 11.3 Å². The summed E-state index contributed by atoms with van der Waals surface area (Å²) in [5.74, 6) is 0.180. The van der Waals surface area contributed by atoms with Crippen molar-refractivity contribution in [2.75, 3.05) is 0 Å². The van der Waals surface area contributed by atoms with E-state index < -0.39 is 18.1 Å². The number of furan rings is 2. The number of benzene rings is 2. The zero-order valence-corrected chi connectivity index (χ0v) is 22.4. The van der Waals surface area contributed by atoms with Crippen LogP contribution < -0.4 is 10.6 Å². The molecule has 5 rings (SSSR count). The Kier molecular flexibility index (Phi) is 7.86. The lowest BCUT2D eigenvalue weighted by Crippen LogP contribution is -2.58. The topological polar surface area (TPSA) is 114 Å². The second kappa shape index (κ2) is 11.5. The number of carboxylic acids is 1. The summed E-state index contributed by atoms with van der Waals surface area (Å²) in [4.78, 5) is 24.0. The van der Waals surface area contributed by atoms with Crippen LogP contribution in [-0.2, 0) is 20.9 Å². The van der Waals surface area contributed by atoms with E-state index in [1.54, 1.807) is 6.08 Å². The van der Waals surface area contributed by atoms with Crippen LogP contribution >= 0.6 is 0 Å². The quantitative estimate of drug-likeness (QED) is 0.238. The molecular formula is C31H34N2O6. The van der Waals surface area contributed by atoms with Gasteiger partial charge in [-0.2, -0.15) is 0 Å². The molecule has 1 aliphatic rings. The van der Waals surface area contributed by atoms with E-state index in [0.29, 0.717) is 18.1 Å². The zero-order valence-electron chi connectivity index (χ0n) is 22.4. The van der Waals surface area contributed by atoms with Crippen LogP contribution in [0, 0.1) is 0 Å². The van der Waals surface area contributed by atoms with E-state index in [4.69, 9.17) is 13.6 Å². The van der Waals surface area contributed by atoms with Crippen molar-refractivity contribution in [3.05, 3.63) is 72.0 Å². The lowest BCUT2D eigenvalue weighted by molar-refractivity contribution is -0.133. The first-order valence-corrected chi connectivity index (χ1v) is 13.5. The SMILES string of the molecule is CCC(CC)O[C@@H]1C=C(C(=O)O)C[C@H](NCc2ccc(-c3cccc4c3oc3ccccc34)o2)[C@H]1NC(C)=O. The van der Waals surface area contributed by atoms with Crippen molar-refractivity contribution < 1.29 is 28.3 Å². The molecule has 0 saturated heterocycles. The third kappa shape index (κ3) is 5.62. The van der Waals surface area contributed by atoms with Gasteiger partial charge in [-0.05, 0) is 49.6 Å². The van der Waals surface area contributed by atoms with E-state index >= 15 is 0 Å². The van der Waals surface area contributed by atoms with Crippen molar-refractivity contribution in [1.82, 2.24) is 10.6 Å². The molecule has 0 radical (unpaired) electrons. The number of hydrogen-bond donors (Lipinski definition) is 3. The summed E-state index contributed by atoms with van der Waals surface area (Å²) in [5, 5.41) is 18.3. The van der Waals surface area contributed by atoms with E-state index in [9.17, 15) is 14.7 Å². The number of aliphatic carboxylic acids is 1. The van der Waals surface area contributed by atoms with Crippen LogP contribution in [0.3, 0.4) is 0 Å². The first kappa shape index (κ1) is 26.7. The summed E-state index contributed by atoms with van der Waals surface area (Å²) in [7, 11) is 0. The second-order valence-corrected chi connectivity index (χ2v) is 10.0.